The molecule has 3 rings (SSSR count). The molecule has 2 atom stereocenters. The van der Waals surface area contributed by atoms with E-state index < -0.39 is 10.0 Å². The molecule has 0 radical (unpaired) electrons. The van der Waals surface area contributed by atoms with Crippen LogP contribution in [0.25, 0.3) is 0 Å². The van der Waals surface area contributed by atoms with Crippen LogP contribution in [-0.4, -0.2) is 61.9 Å². The first kappa shape index (κ1) is 15.0. The Hall–Kier alpha value is -0.960. The van der Waals surface area contributed by atoms with Gasteiger partial charge in [-0.2, -0.15) is 5.10 Å². The number of likely N-dealkylation sites (N-methyl/N-ethyl adjacent to an activating group) is 1. The maximum Gasteiger partial charge on any atom is 0.243 e. The Balaban J connectivity index is 1.67. The van der Waals surface area contributed by atoms with E-state index in [-0.39, 0.29) is 10.9 Å². The normalized spacial score (nSPS) is 26.3. The number of hydrogen-bond acceptors (Lipinski definition) is 5. The Kier molecular flexibility index (Phi) is 4.30. The maximum absolute atomic E-state index is 12.5. The maximum atomic E-state index is 12.5. The molecule has 118 valence electrons. The molecule has 0 spiro atoms. The molecule has 21 heavy (non-hydrogen) atoms. The minimum Gasteiger partial charge on any atom is -0.318 e. The van der Waals surface area contributed by atoms with Crippen LogP contribution in [0.1, 0.15) is 19.3 Å². The number of nitrogens with one attached hydrogen (secondary N) is 2. The molecule has 1 aromatic rings. The summed E-state index contributed by atoms with van der Waals surface area (Å²) in [5.74, 6) is 0. The molecule has 1 aromatic heterocycles. The predicted octanol–water partition coefficient (Wildman–Crippen LogP) is -0.382. The highest BCUT2D eigenvalue weighted by Gasteiger charge is 2.39. The zero-order chi connectivity index (χ0) is 14.9. The van der Waals surface area contributed by atoms with E-state index in [4.69, 9.17) is 0 Å². The van der Waals surface area contributed by atoms with Gasteiger partial charge in [-0.05, 0) is 32.9 Å². The highest BCUT2D eigenvalue weighted by Crippen LogP contribution is 2.28. The van der Waals surface area contributed by atoms with E-state index in [0.717, 1.165) is 32.5 Å². The molecule has 2 unspecified atom stereocenters. The van der Waals surface area contributed by atoms with E-state index in [1.165, 1.54) is 12.6 Å². The number of hydrogen-bond donors (Lipinski definition) is 2. The van der Waals surface area contributed by atoms with Crippen LogP contribution < -0.4 is 10.0 Å². The molecule has 2 aliphatic heterocycles. The summed E-state index contributed by atoms with van der Waals surface area (Å²) in [5.41, 5.74) is 0. The lowest BCUT2D eigenvalue weighted by Gasteiger charge is -2.20. The second-order valence-electron chi connectivity index (χ2n) is 5.80. The number of aromatic nitrogens is 2. The van der Waals surface area contributed by atoms with Gasteiger partial charge in [-0.3, -0.25) is 9.58 Å². The van der Waals surface area contributed by atoms with Crippen LogP contribution in [-0.2, 0) is 16.6 Å². The number of rotatable bonds is 6. The molecule has 3 heterocycles. The van der Waals surface area contributed by atoms with Gasteiger partial charge in [0.1, 0.15) is 4.90 Å². The lowest BCUT2D eigenvalue weighted by molar-refractivity contribution is 0.309. The molecule has 2 saturated heterocycles. The van der Waals surface area contributed by atoms with E-state index in [9.17, 15) is 8.42 Å². The van der Waals surface area contributed by atoms with Crippen LogP contribution in [0.5, 0.6) is 0 Å². The summed E-state index contributed by atoms with van der Waals surface area (Å²) in [4.78, 5) is 2.65. The summed E-state index contributed by atoms with van der Waals surface area (Å²) in [6.45, 7) is 3.52. The van der Waals surface area contributed by atoms with Crippen molar-refractivity contribution in [1.29, 1.82) is 0 Å². The minimum atomic E-state index is -3.47. The molecule has 7 nitrogen and oxygen atoms in total. The Morgan fingerprint density at radius 1 is 1.38 bits per heavy atom. The summed E-state index contributed by atoms with van der Waals surface area (Å²) in [5, 5.41) is 7.12. The fraction of sp³-hybridized carbons (Fsp3) is 0.769. The summed E-state index contributed by atoms with van der Waals surface area (Å²) in [6, 6.07) is 0.414. The van der Waals surface area contributed by atoms with Gasteiger partial charge in [0.2, 0.25) is 10.0 Å². The SMILES string of the molecule is CNCCn1cc(S(=O)(=O)NC2CCN3CCCC23)cn1. The van der Waals surface area contributed by atoms with Gasteiger partial charge in [0, 0.05) is 31.4 Å². The summed E-state index contributed by atoms with van der Waals surface area (Å²) >= 11 is 0. The molecule has 2 aliphatic rings. The van der Waals surface area contributed by atoms with Gasteiger partial charge in [-0.1, -0.05) is 0 Å². The predicted molar refractivity (Wildman–Crippen MR) is 79.5 cm³/mol. The Morgan fingerprint density at radius 3 is 3.05 bits per heavy atom. The first-order valence-electron chi connectivity index (χ1n) is 7.53. The van der Waals surface area contributed by atoms with Crippen molar-refractivity contribution in [3.63, 3.8) is 0 Å². The van der Waals surface area contributed by atoms with Gasteiger partial charge < -0.3 is 5.32 Å². The lowest BCUT2D eigenvalue weighted by Crippen LogP contribution is -2.42. The molecule has 2 N–H and O–H groups in total. The lowest BCUT2D eigenvalue weighted by atomic mass is 10.1. The van der Waals surface area contributed by atoms with Crippen molar-refractivity contribution in [1.82, 2.24) is 24.7 Å². The van der Waals surface area contributed by atoms with Crippen LogP contribution >= 0.6 is 0 Å². The first-order chi connectivity index (χ1) is 10.1. The molecular weight excluding hydrogens is 290 g/mol. The molecule has 8 heteroatoms. The van der Waals surface area contributed by atoms with Crippen molar-refractivity contribution in [2.45, 2.75) is 42.8 Å². The van der Waals surface area contributed by atoms with Gasteiger partial charge in [0.05, 0.1) is 12.7 Å². The van der Waals surface area contributed by atoms with Crippen molar-refractivity contribution in [3.05, 3.63) is 12.4 Å². The monoisotopic (exact) mass is 313 g/mol. The van der Waals surface area contributed by atoms with Crippen molar-refractivity contribution < 1.29 is 8.42 Å². The molecular formula is C13H23N5O2S. The van der Waals surface area contributed by atoms with Crippen molar-refractivity contribution >= 4 is 10.0 Å². The second-order valence-corrected chi connectivity index (χ2v) is 7.52. The van der Waals surface area contributed by atoms with Crippen molar-refractivity contribution in [3.8, 4) is 0 Å². The van der Waals surface area contributed by atoms with Crippen LogP contribution in [0.4, 0.5) is 0 Å². The smallest absolute Gasteiger partial charge is 0.243 e. The van der Waals surface area contributed by atoms with E-state index in [2.05, 4.69) is 20.0 Å². The van der Waals surface area contributed by atoms with Gasteiger partial charge in [0.15, 0.2) is 0 Å². The molecule has 0 bridgehead atoms. The van der Waals surface area contributed by atoms with Gasteiger partial charge in [0.25, 0.3) is 0 Å². The average molecular weight is 313 g/mol. The number of fused-ring (bicyclic) bond motifs is 1. The highest BCUT2D eigenvalue weighted by molar-refractivity contribution is 7.89. The standard InChI is InChI=1S/C13H23N5O2S/c1-14-5-8-18-10-11(9-15-18)21(19,20)16-12-4-7-17-6-2-3-13(12)17/h9-10,12-14,16H,2-8H2,1H3. The third-order valence-corrected chi connectivity index (χ3v) is 5.87. The van der Waals surface area contributed by atoms with Crippen LogP contribution in [0.3, 0.4) is 0 Å². The van der Waals surface area contributed by atoms with Gasteiger partial charge >= 0.3 is 0 Å². The Labute approximate surface area is 125 Å². The number of nitrogens with zero attached hydrogens (tertiary/aromatic N) is 3. The summed E-state index contributed by atoms with van der Waals surface area (Å²) < 4.78 is 29.5. The fourth-order valence-corrected chi connectivity index (χ4v) is 4.58. The van der Waals surface area contributed by atoms with Crippen LogP contribution in [0.2, 0.25) is 0 Å². The minimum absolute atomic E-state index is 0.0400. The highest BCUT2D eigenvalue weighted by atomic mass is 32.2. The van der Waals surface area contributed by atoms with E-state index >= 15 is 0 Å². The van der Waals surface area contributed by atoms with Gasteiger partial charge in [-0.25, -0.2) is 13.1 Å². The van der Waals surface area contributed by atoms with Crippen LogP contribution in [0, 0.1) is 0 Å². The fourth-order valence-electron chi connectivity index (χ4n) is 3.32. The molecule has 0 saturated carbocycles. The Bertz CT molecular complexity index is 585. The van der Waals surface area contributed by atoms with Crippen molar-refractivity contribution in [2.75, 3.05) is 26.7 Å². The zero-order valence-electron chi connectivity index (χ0n) is 12.3. The molecule has 0 aromatic carbocycles. The topological polar surface area (TPSA) is 79.3 Å². The van der Waals surface area contributed by atoms with E-state index in [0.29, 0.717) is 12.6 Å². The Morgan fingerprint density at radius 2 is 2.24 bits per heavy atom. The second kappa shape index (κ2) is 6.04. The largest absolute Gasteiger partial charge is 0.318 e. The summed E-state index contributed by atoms with van der Waals surface area (Å²) in [6.07, 6.45) is 6.19. The molecule has 0 amide bonds. The number of sulfonamides is 1. The van der Waals surface area contributed by atoms with Gasteiger partial charge in [-0.15, -0.1) is 0 Å². The summed E-state index contributed by atoms with van der Waals surface area (Å²) in [7, 11) is -1.61. The zero-order valence-corrected chi connectivity index (χ0v) is 13.1. The van der Waals surface area contributed by atoms with E-state index in [1.807, 2.05) is 7.05 Å². The van der Waals surface area contributed by atoms with E-state index in [1.54, 1.807) is 10.9 Å². The molecule has 0 aliphatic carbocycles. The van der Waals surface area contributed by atoms with Crippen LogP contribution in [0.15, 0.2) is 17.3 Å². The van der Waals surface area contributed by atoms with Crippen molar-refractivity contribution in [2.24, 2.45) is 0 Å². The first-order valence-corrected chi connectivity index (χ1v) is 9.02. The third kappa shape index (κ3) is 3.13. The third-order valence-electron chi connectivity index (χ3n) is 4.42. The quantitative estimate of drug-likeness (QED) is 0.748. The molecule has 2 fully saturated rings. The average Bonchev–Trinajstić information content (AvgIpc) is 3.14.